The van der Waals surface area contributed by atoms with E-state index in [0.717, 1.165) is 20.2 Å². The van der Waals surface area contributed by atoms with E-state index < -0.39 is 0 Å². The third kappa shape index (κ3) is 3.88. The second kappa shape index (κ2) is 6.49. The van der Waals surface area contributed by atoms with Gasteiger partial charge in [-0.05, 0) is 74.2 Å². The van der Waals surface area contributed by atoms with Gasteiger partial charge >= 0.3 is 0 Å². The lowest BCUT2D eigenvalue weighted by Crippen LogP contribution is -2.01. The van der Waals surface area contributed by atoms with Gasteiger partial charge in [-0.1, -0.05) is 29.3 Å². The summed E-state index contributed by atoms with van der Waals surface area (Å²) >= 11 is 19.1. The van der Waals surface area contributed by atoms with E-state index in [4.69, 9.17) is 23.2 Å². The van der Waals surface area contributed by atoms with Crippen LogP contribution in [0.1, 0.15) is 11.1 Å². The van der Waals surface area contributed by atoms with E-state index in [2.05, 4.69) is 56.2 Å². The second-order valence-electron chi connectivity index (χ2n) is 4.19. The average molecular weight is 424 g/mol. The quantitative estimate of drug-likeness (QED) is 0.599. The number of hydrogen-bond donors (Lipinski definition) is 1. The van der Waals surface area contributed by atoms with Crippen molar-refractivity contribution in [3.8, 4) is 0 Å². The van der Waals surface area contributed by atoms with Gasteiger partial charge in [0.2, 0.25) is 0 Å². The first-order chi connectivity index (χ1) is 8.97. The minimum absolute atomic E-state index is 0.635. The molecule has 0 amide bonds. The van der Waals surface area contributed by atoms with Gasteiger partial charge in [-0.2, -0.15) is 0 Å². The van der Waals surface area contributed by atoms with Crippen molar-refractivity contribution in [1.82, 2.24) is 0 Å². The highest BCUT2D eigenvalue weighted by Gasteiger charge is 2.07. The minimum atomic E-state index is 0.635. The highest BCUT2D eigenvalue weighted by molar-refractivity contribution is 9.11. The first-order valence-corrected chi connectivity index (χ1v) is 7.95. The maximum absolute atomic E-state index is 6.15. The molecule has 0 atom stereocenters. The first-order valence-electron chi connectivity index (χ1n) is 5.61. The summed E-state index contributed by atoms with van der Waals surface area (Å²) in [5, 5.41) is 4.67. The summed E-state index contributed by atoms with van der Waals surface area (Å²) in [7, 11) is 0. The van der Waals surface area contributed by atoms with E-state index in [1.165, 1.54) is 5.56 Å². The Balaban J connectivity index is 2.19. The van der Waals surface area contributed by atoms with Gasteiger partial charge in [0.15, 0.2) is 0 Å². The van der Waals surface area contributed by atoms with Crippen LogP contribution >= 0.6 is 55.1 Å². The van der Waals surface area contributed by atoms with Gasteiger partial charge in [0.1, 0.15) is 0 Å². The topological polar surface area (TPSA) is 12.0 Å². The third-order valence-corrected chi connectivity index (χ3v) is 4.49. The molecule has 2 aromatic carbocycles. The molecule has 5 heteroatoms. The van der Waals surface area contributed by atoms with Crippen LogP contribution in [-0.4, -0.2) is 0 Å². The van der Waals surface area contributed by atoms with Crippen molar-refractivity contribution in [2.75, 3.05) is 5.32 Å². The normalized spacial score (nSPS) is 10.6. The second-order valence-corrected chi connectivity index (χ2v) is 6.75. The molecule has 0 saturated heterocycles. The van der Waals surface area contributed by atoms with Crippen molar-refractivity contribution in [1.29, 1.82) is 0 Å². The summed E-state index contributed by atoms with van der Waals surface area (Å²) in [5.41, 5.74) is 3.20. The van der Waals surface area contributed by atoms with E-state index in [1.54, 1.807) is 6.07 Å². The van der Waals surface area contributed by atoms with Gasteiger partial charge in [0, 0.05) is 25.5 Å². The lowest BCUT2D eigenvalue weighted by atomic mass is 10.2. The predicted octanol–water partition coefficient (Wildman–Crippen LogP) is 6.44. The Labute approximate surface area is 139 Å². The van der Waals surface area contributed by atoms with Crippen LogP contribution in [0.5, 0.6) is 0 Å². The van der Waals surface area contributed by atoms with Gasteiger partial charge in [-0.15, -0.1) is 0 Å². The average Bonchev–Trinajstić information content (AvgIpc) is 2.30. The number of halogens is 4. The van der Waals surface area contributed by atoms with Crippen LogP contribution in [-0.2, 0) is 6.54 Å². The molecule has 2 rings (SSSR count). The Morgan fingerprint density at radius 1 is 1.05 bits per heavy atom. The Hall–Kier alpha value is -0.220. The maximum atomic E-state index is 6.15. The number of aryl methyl sites for hydroxylation is 1. The molecule has 0 saturated carbocycles. The fourth-order valence-corrected chi connectivity index (χ4v) is 3.89. The maximum Gasteiger partial charge on any atom is 0.0631 e. The van der Waals surface area contributed by atoms with Crippen LogP contribution in [0.4, 0.5) is 5.69 Å². The molecule has 0 aromatic heterocycles. The SMILES string of the molecule is Cc1cc(Br)c(NCc2ccc(Cl)cc2Cl)c(Br)c1. The number of nitrogens with one attached hydrogen (secondary N) is 1. The number of hydrogen-bond acceptors (Lipinski definition) is 1. The Morgan fingerprint density at radius 2 is 1.68 bits per heavy atom. The predicted molar refractivity (Wildman–Crippen MR) is 90.4 cm³/mol. The molecule has 0 radical (unpaired) electrons. The highest BCUT2D eigenvalue weighted by atomic mass is 79.9. The fraction of sp³-hybridized carbons (Fsp3) is 0.143. The zero-order valence-electron chi connectivity index (χ0n) is 10.1. The van der Waals surface area contributed by atoms with Crippen molar-refractivity contribution in [3.05, 3.63) is 60.4 Å². The molecule has 0 spiro atoms. The van der Waals surface area contributed by atoms with Crippen molar-refractivity contribution >= 4 is 60.7 Å². The number of anilines is 1. The summed E-state index contributed by atoms with van der Waals surface area (Å²) < 4.78 is 2.04. The molecule has 0 aliphatic rings. The zero-order chi connectivity index (χ0) is 14.0. The van der Waals surface area contributed by atoms with Gasteiger partial charge < -0.3 is 5.32 Å². The molecular weight excluding hydrogens is 413 g/mol. The number of benzene rings is 2. The van der Waals surface area contributed by atoms with E-state index in [0.29, 0.717) is 16.6 Å². The molecule has 1 N–H and O–H groups in total. The molecule has 0 fully saturated rings. The summed E-state index contributed by atoms with van der Waals surface area (Å²) in [6, 6.07) is 9.64. The van der Waals surface area contributed by atoms with Crippen LogP contribution in [0.2, 0.25) is 10.0 Å². The molecular formula is C14H11Br2Cl2N. The molecule has 100 valence electrons. The van der Waals surface area contributed by atoms with Crippen molar-refractivity contribution in [2.24, 2.45) is 0 Å². The van der Waals surface area contributed by atoms with E-state index >= 15 is 0 Å². The van der Waals surface area contributed by atoms with Crippen LogP contribution in [0, 0.1) is 6.92 Å². The van der Waals surface area contributed by atoms with E-state index in [1.807, 2.05) is 12.1 Å². The van der Waals surface area contributed by atoms with Crippen LogP contribution in [0.15, 0.2) is 39.3 Å². The summed E-state index contributed by atoms with van der Waals surface area (Å²) in [4.78, 5) is 0. The smallest absolute Gasteiger partial charge is 0.0631 e. The fourth-order valence-electron chi connectivity index (χ4n) is 1.72. The van der Waals surface area contributed by atoms with Crippen LogP contribution in [0.3, 0.4) is 0 Å². The van der Waals surface area contributed by atoms with Gasteiger partial charge in [-0.3, -0.25) is 0 Å². The lowest BCUT2D eigenvalue weighted by molar-refractivity contribution is 1.14. The van der Waals surface area contributed by atoms with E-state index in [-0.39, 0.29) is 0 Å². The Morgan fingerprint density at radius 3 is 2.26 bits per heavy atom. The Bertz CT molecular complexity index is 591. The number of rotatable bonds is 3. The van der Waals surface area contributed by atoms with Crippen LogP contribution < -0.4 is 5.32 Å². The first kappa shape index (κ1) is 15.2. The van der Waals surface area contributed by atoms with Crippen molar-refractivity contribution < 1.29 is 0 Å². The standard InChI is InChI=1S/C14H11Br2Cl2N/c1-8-4-11(15)14(12(16)5-8)19-7-9-2-3-10(17)6-13(9)18/h2-6,19H,7H2,1H3. The molecule has 0 aliphatic carbocycles. The summed E-state index contributed by atoms with van der Waals surface area (Å²) in [5.74, 6) is 0. The summed E-state index contributed by atoms with van der Waals surface area (Å²) in [6.07, 6.45) is 0. The molecule has 1 nitrogen and oxygen atoms in total. The largest absolute Gasteiger partial charge is 0.379 e. The molecule has 0 unspecified atom stereocenters. The highest BCUT2D eigenvalue weighted by Crippen LogP contribution is 2.33. The molecule has 0 aliphatic heterocycles. The summed E-state index contributed by atoms with van der Waals surface area (Å²) in [6.45, 7) is 2.69. The minimum Gasteiger partial charge on any atom is -0.379 e. The molecule has 2 aromatic rings. The van der Waals surface area contributed by atoms with Crippen molar-refractivity contribution in [3.63, 3.8) is 0 Å². The monoisotopic (exact) mass is 421 g/mol. The van der Waals surface area contributed by atoms with Gasteiger partial charge in [0.25, 0.3) is 0 Å². The lowest BCUT2D eigenvalue weighted by Gasteiger charge is -2.13. The van der Waals surface area contributed by atoms with Gasteiger partial charge in [0.05, 0.1) is 5.69 Å². The van der Waals surface area contributed by atoms with Crippen molar-refractivity contribution in [2.45, 2.75) is 13.5 Å². The Kier molecular flexibility index (Phi) is 5.18. The van der Waals surface area contributed by atoms with E-state index in [9.17, 15) is 0 Å². The molecule has 19 heavy (non-hydrogen) atoms. The zero-order valence-corrected chi connectivity index (χ0v) is 14.8. The molecule has 0 bridgehead atoms. The molecule has 0 heterocycles. The van der Waals surface area contributed by atoms with Gasteiger partial charge in [-0.25, -0.2) is 0 Å². The van der Waals surface area contributed by atoms with Crippen LogP contribution in [0.25, 0.3) is 0 Å². The third-order valence-electron chi connectivity index (χ3n) is 2.66.